The van der Waals surface area contributed by atoms with Gasteiger partial charge in [0.1, 0.15) is 0 Å². The van der Waals surface area contributed by atoms with E-state index in [0.29, 0.717) is 17.9 Å². The molecule has 2 aromatic carbocycles. The summed E-state index contributed by atoms with van der Waals surface area (Å²) in [6, 6.07) is 20.7. The fraction of sp³-hybridized carbons (Fsp3) is 0.364. The molecule has 0 saturated heterocycles. The third kappa shape index (κ3) is 2.06. The molecule has 3 atom stereocenters. The summed E-state index contributed by atoms with van der Waals surface area (Å²) in [5.74, 6) is 1.20. The first kappa shape index (κ1) is 13.4. The number of hydrogen-bond donors (Lipinski definition) is 1. The monoisotopic (exact) mass is 301 g/mol. The van der Waals surface area contributed by atoms with Crippen LogP contribution in [0.1, 0.15) is 55.1 Å². The molecular formula is C22H23N. The Balaban J connectivity index is 1.65. The normalized spacial score (nSPS) is 28.6. The van der Waals surface area contributed by atoms with Crippen LogP contribution in [-0.4, -0.2) is 6.04 Å². The number of hydrogen-bond acceptors (Lipinski definition) is 1. The number of nitrogens with one attached hydrogen (secondary N) is 1. The van der Waals surface area contributed by atoms with Crippen molar-refractivity contribution in [2.45, 2.75) is 50.0 Å². The van der Waals surface area contributed by atoms with E-state index in [4.69, 9.17) is 0 Å². The van der Waals surface area contributed by atoms with Gasteiger partial charge in [0.2, 0.25) is 0 Å². The molecule has 0 amide bonds. The van der Waals surface area contributed by atoms with E-state index < -0.39 is 0 Å². The first-order chi connectivity index (χ1) is 11.4. The highest BCUT2D eigenvalue weighted by Gasteiger charge is 2.44. The van der Waals surface area contributed by atoms with Gasteiger partial charge in [-0.25, -0.2) is 0 Å². The highest BCUT2D eigenvalue weighted by molar-refractivity contribution is 5.63. The molecule has 116 valence electrons. The van der Waals surface area contributed by atoms with Gasteiger partial charge in [-0.1, -0.05) is 59.7 Å². The maximum absolute atomic E-state index is 3.88. The van der Waals surface area contributed by atoms with Gasteiger partial charge in [-0.05, 0) is 49.3 Å². The fourth-order valence-corrected chi connectivity index (χ4v) is 5.13. The second kappa shape index (κ2) is 5.26. The Bertz CT molecular complexity index is 759. The summed E-state index contributed by atoms with van der Waals surface area (Å²) in [7, 11) is 0. The van der Waals surface area contributed by atoms with E-state index >= 15 is 0 Å². The minimum Gasteiger partial charge on any atom is -0.381 e. The molecule has 0 fully saturated rings. The number of anilines is 1. The molecule has 0 aromatic heterocycles. The molecule has 2 aliphatic carbocycles. The van der Waals surface area contributed by atoms with Crippen LogP contribution in [0.2, 0.25) is 0 Å². The molecule has 1 heteroatoms. The van der Waals surface area contributed by atoms with E-state index in [2.05, 4.69) is 59.9 Å². The lowest BCUT2D eigenvalue weighted by Crippen LogP contribution is -2.35. The smallest absolute Gasteiger partial charge is 0.0439 e. The fourth-order valence-electron chi connectivity index (χ4n) is 5.13. The quantitative estimate of drug-likeness (QED) is 0.674. The van der Waals surface area contributed by atoms with Crippen molar-refractivity contribution in [2.24, 2.45) is 0 Å². The van der Waals surface area contributed by atoms with E-state index in [-0.39, 0.29) is 0 Å². The second-order valence-electron chi connectivity index (χ2n) is 7.29. The van der Waals surface area contributed by atoms with Gasteiger partial charge in [-0.3, -0.25) is 0 Å². The summed E-state index contributed by atoms with van der Waals surface area (Å²) in [5, 5.41) is 3.88. The maximum atomic E-state index is 3.88. The lowest BCUT2D eigenvalue weighted by atomic mass is 9.66. The Labute approximate surface area is 138 Å². The van der Waals surface area contributed by atoms with Crippen molar-refractivity contribution < 1.29 is 0 Å². The van der Waals surface area contributed by atoms with Crippen LogP contribution in [-0.2, 0) is 0 Å². The minimum atomic E-state index is 0.534. The second-order valence-corrected chi connectivity index (χ2v) is 7.29. The zero-order valence-electron chi connectivity index (χ0n) is 13.5. The predicted molar refractivity (Wildman–Crippen MR) is 95.9 cm³/mol. The standard InChI is InChI=1S/C22H23N/c1-2-8-15(9-3-1)21-17-11-5-4-10-16(17)14-19-18-12-6-7-13-20(18)23-22(19)21/h1-3,6-9,12-13,19,21-23H,4-5,10-11,14H2/t19-,21+,22+/m1/s1. The average molecular weight is 301 g/mol. The highest BCUT2D eigenvalue weighted by atomic mass is 15.0. The zero-order chi connectivity index (χ0) is 15.2. The van der Waals surface area contributed by atoms with Gasteiger partial charge in [0.25, 0.3) is 0 Å². The van der Waals surface area contributed by atoms with Gasteiger partial charge in [0.05, 0.1) is 0 Å². The van der Waals surface area contributed by atoms with Gasteiger partial charge in [-0.2, -0.15) is 0 Å². The summed E-state index contributed by atoms with van der Waals surface area (Å²) in [6.07, 6.45) is 6.65. The van der Waals surface area contributed by atoms with Crippen molar-refractivity contribution in [2.75, 3.05) is 5.32 Å². The number of benzene rings is 2. The topological polar surface area (TPSA) is 12.0 Å². The van der Waals surface area contributed by atoms with Crippen LogP contribution in [0.3, 0.4) is 0 Å². The molecule has 0 spiro atoms. The van der Waals surface area contributed by atoms with Crippen LogP contribution in [0.25, 0.3) is 0 Å². The molecule has 0 saturated carbocycles. The predicted octanol–water partition coefficient (Wildman–Crippen LogP) is 5.62. The van der Waals surface area contributed by atoms with Crippen LogP contribution in [0.5, 0.6) is 0 Å². The zero-order valence-corrected chi connectivity index (χ0v) is 13.5. The molecule has 1 aliphatic heterocycles. The van der Waals surface area contributed by atoms with E-state index in [1.165, 1.54) is 48.9 Å². The molecule has 23 heavy (non-hydrogen) atoms. The third-order valence-electron chi connectivity index (χ3n) is 6.10. The first-order valence-electron chi connectivity index (χ1n) is 9.03. The van der Waals surface area contributed by atoms with Gasteiger partial charge in [0.15, 0.2) is 0 Å². The summed E-state index contributed by atoms with van der Waals surface area (Å²) in [5.41, 5.74) is 7.92. The molecule has 1 heterocycles. The van der Waals surface area contributed by atoms with Gasteiger partial charge in [-0.15, -0.1) is 0 Å². The SMILES string of the molecule is c1ccc([C@H]2C3=C(CCCC3)C[C@@H]3c4ccccc4N[C@@H]32)cc1. The summed E-state index contributed by atoms with van der Waals surface area (Å²) >= 11 is 0. The van der Waals surface area contributed by atoms with Crippen LogP contribution >= 0.6 is 0 Å². The van der Waals surface area contributed by atoms with Crippen molar-refractivity contribution in [3.8, 4) is 0 Å². The Kier molecular flexibility index (Phi) is 3.07. The van der Waals surface area contributed by atoms with Crippen LogP contribution in [0.15, 0.2) is 65.7 Å². The van der Waals surface area contributed by atoms with E-state index in [1.807, 2.05) is 0 Å². The summed E-state index contributed by atoms with van der Waals surface area (Å²) < 4.78 is 0. The average Bonchev–Trinajstić information content (AvgIpc) is 2.98. The van der Waals surface area contributed by atoms with E-state index in [1.54, 1.807) is 11.1 Å². The van der Waals surface area contributed by atoms with E-state index in [9.17, 15) is 0 Å². The molecular weight excluding hydrogens is 278 g/mol. The Morgan fingerprint density at radius 2 is 1.61 bits per heavy atom. The molecule has 0 unspecified atom stereocenters. The number of fused-ring (bicyclic) bond motifs is 3. The summed E-state index contributed by atoms with van der Waals surface area (Å²) in [6.45, 7) is 0. The Hall–Kier alpha value is -2.02. The summed E-state index contributed by atoms with van der Waals surface area (Å²) in [4.78, 5) is 0. The van der Waals surface area contributed by atoms with Crippen molar-refractivity contribution in [1.82, 2.24) is 0 Å². The molecule has 3 aliphatic rings. The van der Waals surface area contributed by atoms with Crippen LogP contribution < -0.4 is 5.32 Å². The van der Waals surface area contributed by atoms with Gasteiger partial charge >= 0.3 is 0 Å². The Morgan fingerprint density at radius 1 is 0.826 bits per heavy atom. The maximum Gasteiger partial charge on any atom is 0.0439 e. The van der Waals surface area contributed by atoms with Gasteiger partial charge < -0.3 is 5.32 Å². The van der Waals surface area contributed by atoms with E-state index in [0.717, 1.165) is 0 Å². The van der Waals surface area contributed by atoms with Crippen molar-refractivity contribution in [3.63, 3.8) is 0 Å². The van der Waals surface area contributed by atoms with Crippen molar-refractivity contribution in [3.05, 3.63) is 76.9 Å². The molecule has 2 aromatic rings. The minimum absolute atomic E-state index is 0.534. The number of para-hydroxylation sites is 1. The Morgan fingerprint density at radius 3 is 2.52 bits per heavy atom. The lowest BCUT2D eigenvalue weighted by molar-refractivity contribution is 0.448. The molecule has 0 bridgehead atoms. The lowest BCUT2D eigenvalue weighted by Gasteiger charge is -2.40. The molecule has 1 N–H and O–H groups in total. The van der Waals surface area contributed by atoms with Crippen LogP contribution in [0, 0.1) is 0 Å². The van der Waals surface area contributed by atoms with Crippen LogP contribution in [0.4, 0.5) is 5.69 Å². The largest absolute Gasteiger partial charge is 0.381 e. The van der Waals surface area contributed by atoms with Crippen molar-refractivity contribution >= 4 is 5.69 Å². The molecule has 5 rings (SSSR count). The molecule has 0 radical (unpaired) electrons. The van der Waals surface area contributed by atoms with Gasteiger partial charge in [0, 0.05) is 23.6 Å². The molecule has 1 nitrogen and oxygen atoms in total. The highest BCUT2D eigenvalue weighted by Crippen LogP contribution is 2.54. The number of allylic oxidation sites excluding steroid dienone is 1. The third-order valence-corrected chi connectivity index (χ3v) is 6.10. The number of rotatable bonds is 1. The van der Waals surface area contributed by atoms with Crippen molar-refractivity contribution in [1.29, 1.82) is 0 Å². The first-order valence-corrected chi connectivity index (χ1v) is 9.03.